The summed E-state index contributed by atoms with van der Waals surface area (Å²) in [6, 6.07) is 7.88. The summed E-state index contributed by atoms with van der Waals surface area (Å²) in [4.78, 5) is 12.0. The maximum atomic E-state index is 12.0. The van der Waals surface area contributed by atoms with Gasteiger partial charge in [-0.25, -0.2) is 0 Å². The molecule has 1 aromatic heterocycles. The molecule has 3 rings (SSSR count). The Morgan fingerprint density at radius 3 is 2.86 bits per heavy atom. The zero-order valence-electron chi connectivity index (χ0n) is 11.8. The summed E-state index contributed by atoms with van der Waals surface area (Å²) in [6.45, 7) is 2.65. The lowest BCUT2D eigenvalue weighted by atomic mass is 9.98. The van der Waals surface area contributed by atoms with Gasteiger partial charge in [-0.05, 0) is 49.5 Å². The quantitative estimate of drug-likeness (QED) is 0.878. The Hall–Kier alpha value is -2.14. The highest BCUT2D eigenvalue weighted by molar-refractivity contribution is 5.94. The molecule has 0 aliphatic carbocycles. The minimum Gasteiger partial charge on any atom is -0.364 e. The SMILES string of the molecule is O=C(NCc1cnoc1)c1ccc(CC2CCNC2)cc1. The smallest absolute Gasteiger partial charge is 0.251 e. The fourth-order valence-corrected chi connectivity index (χ4v) is 2.61. The molecule has 1 aliphatic heterocycles. The van der Waals surface area contributed by atoms with Crippen molar-refractivity contribution in [2.24, 2.45) is 5.92 Å². The van der Waals surface area contributed by atoms with Crippen LogP contribution in [0.5, 0.6) is 0 Å². The molecular weight excluding hydrogens is 266 g/mol. The van der Waals surface area contributed by atoms with Crippen LogP contribution in [0, 0.1) is 5.92 Å². The second-order valence-corrected chi connectivity index (χ2v) is 5.48. The third-order valence-corrected chi connectivity index (χ3v) is 3.84. The minimum absolute atomic E-state index is 0.0784. The van der Waals surface area contributed by atoms with E-state index in [0.717, 1.165) is 31.0 Å². The lowest BCUT2D eigenvalue weighted by Crippen LogP contribution is -2.22. The highest BCUT2D eigenvalue weighted by atomic mass is 16.5. The predicted octanol–water partition coefficient (Wildman–Crippen LogP) is 1.76. The second kappa shape index (κ2) is 6.54. The molecule has 5 nitrogen and oxygen atoms in total. The number of nitrogens with one attached hydrogen (secondary N) is 2. The molecule has 110 valence electrons. The number of carbonyl (C=O) groups excluding carboxylic acids is 1. The van der Waals surface area contributed by atoms with Crippen LogP contribution in [-0.4, -0.2) is 24.2 Å². The third kappa shape index (κ3) is 3.70. The van der Waals surface area contributed by atoms with Crippen LogP contribution in [0.15, 0.2) is 41.2 Å². The molecule has 1 fully saturated rings. The number of carbonyl (C=O) groups is 1. The number of rotatable bonds is 5. The first-order valence-corrected chi connectivity index (χ1v) is 7.27. The predicted molar refractivity (Wildman–Crippen MR) is 78.8 cm³/mol. The maximum Gasteiger partial charge on any atom is 0.251 e. The van der Waals surface area contributed by atoms with Crippen molar-refractivity contribution in [3.05, 3.63) is 53.4 Å². The van der Waals surface area contributed by atoms with Crippen LogP contribution in [0.3, 0.4) is 0 Å². The van der Waals surface area contributed by atoms with Gasteiger partial charge in [-0.3, -0.25) is 4.79 Å². The summed E-state index contributed by atoms with van der Waals surface area (Å²) in [7, 11) is 0. The number of amides is 1. The molecular formula is C16H19N3O2. The summed E-state index contributed by atoms with van der Waals surface area (Å²) in [6.07, 6.45) is 5.44. The van der Waals surface area contributed by atoms with Gasteiger partial charge >= 0.3 is 0 Å². The Morgan fingerprint density at radius 1 is 1.33 bits per heavy atom. The van der Waals surface area contributed by atoms with Crippen molar-refractivity contribution in [3.63, 3.8) is 0 Å². The molecule has 1 atom stereocenters. The first-order chi connectivity index (χ1) is 10.3. The monoisotopic (exact) mass is 285 g/mol. The van der Waals surface area contributed by atoms with E-state index in [4.69, 9.17) is 4.52 Å². The van der Waals surface area contributed by atoms with E-state index in [1.165, 1.54) is 18.2 Å². The first-order valence-electron chi connectivity index (χ1n) is 7.27. The lowest BCUT2D eigenvalue weighted by Gasteiger charge is -2.09. The van der Waals surface area contributed by atoms with Gasteiger partial charge < -0.3 is 15.2 Å². The lowest BCUT2D eigenvalue weighted by molar-refractivity contribution is 0.0951. The van der Waals surface area contributed by atoms with E-state index in [9.17, 15) is 4.79 Å². The van der Waals surface area contributed by atoms with Gasteiger partial charge in [0.15, 0.2) is 0 Å². The van der Waals surface area contributed by atoms with Gasteiger partial charge in [0.2, 0.25) is 0 Å². The second-order valence-electron chi connectivity index (χ2n) is 5.48. The van der Waals surface area contributed by atoms with Gasteiger partial charge in [-0.2, -0.15) is 0 Å². The Kier molecular flexibility index (Phi) is 4.31. The Balaban J connectivity index is 1.54. The van der Waals surface area contributed by atoms with E-state index in [1.54, 1.807) is 6.20 Å². The van der Waals surface area contributed by atoms with Crippen LogP contribution in [0.1, 0.15) is 27.9 Å². The standard InChI is InChI=1S/C16H19N3O2/c20-16(18-9-14-10-19-21-11-14)15-3-1-12(2-4-15)7-13-5-6-17-8-13/h1-4,10-11,13,17H,5-9H2,(H,18,20). The molecule has 1 saturated heterocycles. The molecule has 0 bridgehead atoms. The number of aromatic nitrogens is 1. The first kappa shape index (κ1) is 13.8. The molecule has 1 aromatic carbocycles. The van der Waals surface area contributed by atoms with E-state index in [2.05, 4.69) is 15.8 Å². The van der Waals surface area contributed by atoms with Gasteiger partial charge in [0.25, 0.3) is 5.91 Å². The Morgan fingerprint density at radius 2 is 2.19 bits per heavy atom. The molecule has 0 radical (unpaired) electrons. The molecule has 0 saturated carbocycles. The van der Waals surface area contributed by atoms with Crippen LogP contribution in [-0.2, 0) is 13.0 Å². The van der Waals surface area contributed by atoms with Gasteiger partial charge in [0.1, 0.15) is 6.26 Å². The zero-order valence-corrected chi connectivity index (χ0v) is 11.8. The number of benzene rings is 1. The van der Waals surface area contributed by atoms with Crippen LogP contribution >= 0.6 is 0 Å². The molecule has 1 aliphatic rings. The van der Waals surface area contributed by atoms with E-state index in [1.807, 2.05) is 24.3 Å². The minimum atomic E-state index is -0.0784. The number of nitrogens with zero attached hydrogens (tertiary/aromatic N) is 1. The van der Waals surface area contributed by atoms with Gasteiger partial charge in [0.05, 0.1) is 6.20 Å². The van der Waals surface area contributed by atoms with Crippen molar-refractivity contribution in [2.75, 3.05) is 13.1 Å². The van der Waals surface area contributed by atoms with Gasteiger partial charge in [-0.15, -0.1) is 0 Å². The molecule has 21 heavy (non-hydrogen) atoms. The third-order valence-electron chi connectivity index (χ3n) is 3.84. The van der Waals surface area contributed by atoms with Crippen molar-refractivity contribution in [2.45, 2.75) is 19.4 Å². The van der Waals surface area contributed by atoms with Crippen molar-refractivity contribution in [1.29, 1.82) is 0 Å². The molecule has 2 heterocycles. The summed E-state index contributed by atoms with van der Waals surface area (Å²) in [5, 5.41) is 9.82. The fraction of sp³-hybridized carbons (Fsp3) is 0.375. The van der Waals surface area contributed by atoms with Crippen molar-refractivity contribution < 1.29 is 9.32 Å². The summed E-state index contributed by atoms with van der Waals surface area (Å²) >= 11 is 0. The summed E-state index contributed by atoms with van der Waals surface area (Å²) < 4.78 is 4.73. The van der Waals surface area contributed by atoms with Crippen LogP contribution in [0.4, 0.5) is 0 Å². The summed E-state index contributed by atoms with van der Waals surface area (Å²) in [5.41, 5.74) is 2.83. The molecule has 1 amide bonds. The van der Waals surface area contributed by atoms with E-state index in [-0.39, 0.29) is 5.91 Å². The number of hydrogen-bond acceptors (Lipinski definition) is 4. The average Bonchev–Trinajstić information content (AvgIpc) is 3.19. The van der Waals surface area contributed by atoms with Crippen LogP contribution in [0.2, 0.25) is 0 Å². The molecule has 2 N–H and O–H groups in total. The fourth-order valence-electron chi connectivity index (χ4n) is 2.61. The van der Waals surface area contributed by atoms with Crippen molar-refractivity contribution in [1.82, 2.24) is 15.8 Å². The molecule has 5 heteroatoms. The number of hydrogen-bond donors (Lipinski definition) is 2. The largest absolute Gasteiger partial charge is 0.364 e. The maximum absolute atomic E-state index is 12.0. The van der Waals surface area contributed by atoms with Crippen LogP contribution in [0.25, 0.3) is 0 Å². The van der Waals surface area contributed by atoms with Crippen molar-refractivity contribution in [3.8, 4) is 0 Å². The Bertz CT molecular complexity index is 572. The molecule has 1 unspecified atom stereocenters. The highest BCUT2D eigenvalue weighted by Crippen LogP contribution is 2.15. The topological polar surface area (TPSA) is 67.2 Å². The average molecular weight is 285 g/mol. The highest BCUT2D eigenvalue weighted by Gasteiger charge is 2.15. The molecule has 2 aromatic rings. The normalized spacial score (nSPS) is 17.8. The van der Waals surface area contributed by atoms with Gasteiger partial charge in [0, 0.05) is 17.7 Å². The molecule has 0 spiro atoms. The van der Waals surface area contributed by atoms with Gasteiger partial charge in [-0.1, -0.05) is 17.3 Å². The van der Waals surface area contributed by atoms with E-state index < -0.39 is 0 Å². The van der Waals surface area contributed by atoms with Crippen molar-refractivity contribution >= 4 is 5.91 Å². The summed E-state index contributed by atoms with van der Waals surface area (Å²) in [5.74, 6) is 0.642. The van der Waals surface area contributed by atoms with E-state index in [0.29, 0.717) is 12.1 Å². The zero-order chi connectivity index (χ0) is 14.5. The van der Waals surface area contributed by atoms with E-state index >= 15 is 0 Å². The Labute approximate surface area is 123 Å². The van der Waals surface area contributed by atoms with Crippen LogP contribution < -0.4 is 10.6 Å².